The third kappa shape index (κ3) is 4.50. The highest BCUT2D eigenvalue weighted by Crippen LogP contribution is 2.43. The Morgan fingerprint density at radius 2 is 1.85 bits per heavy atom. The Morgan fingerprint density at radius 3 is 2.41 bits per heavy atom. The van der Waals surface area contributed by atoms with Gasteiger partial charge in [-0.2, -0.15) is 13.2 Å². The summed E-state index contributed by atoms with van der Waals surface area (Å²) in [5.74, 6) is -2.25. The molecule has 0 fully saturated rings. The van der Waals surface area contributed by atoms with Crippen LogP contribution in [0.4, 0.5) is 13.2 Å². The normalized spacial score (nSPS) is 21.5. The Hall–Kier alpha value is -2.35. The number of ether oxygens (including phenoxy) is 3. The Bertz CT molecular complexity index is 686. The molecule has 1 aromatic rings. The van der Waals surface area contributed by atoms with Crippen LogP contribution in [0, 0.1) is 5.92 Å². The fourth-order valence-electron chi connectivity index (χ4n) is 3.04. The van der Waals surface area contributed by atoms with Gasteiger partial charge in [0.2, 0.25) is 0 Å². The van der Waals surface area contributed by atoms with Crippen LogP contribution in [0.15, 0.2) is 42.5 Å². The van der Waals surface area contributed by atoms with Gasteiger partial charge in [-0.25, -0.2) is 4.79 Å². The SMILES string of the molecule is CO[C@@](C(=O)O[C@H]1C=CC[C@H]1CCOC(C)=O)(c1ccccc1)C(F)(F)F. The second kappa shape index (κ2) is 8.56. The number of carbonyl (C=O) groups excluding carboxylic acids is 2. The van der Waals surface area contributed by atoms with Crippen LogP contribution in [-0.4, -0.2) is 37.9 Å². The molecule has 27 heavy (non-hydrogen) atoms. The Kier molecular flexibility index (Phi) is 6.64. The van der Waals surface area contributed by atoms with E-state index >= 15 is 0 Å². The average molecular weight is 386 g/mol. The van der Waals surface area contributed by atoms with Crippen LogP contribution >= 0.6 is 0 Å². The Balaban J connectivity index is 2.21. The molecule has 0 radical (unpaired) electrons. The molecular formula is C19H21F3O5. The maximum absolute atomic E-state index is 13.9. The van der Waals surface area contributed by atoms with E-state index in [2.05, 4.69) is 0 Å². The highest BCUT2D eigenvalue weighted by Gasteiger charge is 2.64. The topological polar surface area (TPSA) is 61.8 Å². The van der Waals surface area contributed by atoms with Crippen LogP contribution in [0.25, 0.3) is 0 Å². The zero-order valence-electron chi connectivity index (χ0n) is 15.0. The van der Waals surface area contributed by atoms with Gasteiger partial charge < -0.3 is 14.2 Å². The fraction of sp³-hybridized carbons (Fsp3) is 0.474. The fourth-order valence-corrected chi connectivity index (χ4v) is 3.04. The van der Waals surface area contributed by atoms with Gasteiger partial charge in [0.05, 0.1) is 6.61 Å². The number of alkyl halides is 3. The second-order valence-corrected chi connectivity index (χ2v) is 6.17. The van der Waals surface area contributed by atoms with Gasteiger partial charge in [-0.15, -0.1) is 0 Å². The van der Waals surface area contributed by atoms with Crippen molar-refractivity contribution in [2.45, 2.75) is 37.6 Å². The maximum atomic E-state index is 13.9. The maximum Gasteiger partial charge on any atom is 0.432 e. The van der Waals surface area contributed by atoms with Crippen LogP contribution in [0.2, 0.25) is 0 Å². The summed E-state index contributed by atoms with van der Waals surface area (Å²) < 4.78 is 56.4. The highest BCUT2D eigenvalue weighted by molar-refractivity contribution is 5.83. The predicted molar refractivity (Wildman–Crippen MR) is 89.6 cm³/mol. The minimum absolute atomic E-state index is 0.100. The summed E-state index contributed by atoms with van der Waals surface area (Å²) in [6.07, 6.45) is -1.73. The molecular weight excluding hydrogens is 365 g/mol. The molecule has 0 unspecified atom stereocenters. The van der Waals surface area contributed by atoms with Crippen LogP contribution in [-0.2, 0) is 29.4 Å². The van der Waals surface area contributed by atoms with Gasteiger partial charge >= 0.3 is 18.1 Å². The summed E-state index contributed by atoms with van der Waals surface area (Å²) in [4.78, 5) is 23.5. The third-order valence-corrected chi connectivity index (χ3v) is 4.44. The lowest BCUT2D eigenvalue weighted by molar-refractivity contribution is -0.278. The summed E-state index contributed by atoms with van der Waals surface area (Å²) in [6.45, 7) is 1.36. The lowest BCUT2D eigenvalue weighted by Gasteiger charge is -2.34. The van der Waals surface area contributed by atoms with Crippen LogP contribution < -0.4 is 0 Å². The van der Waals surface area contributed by atoms with Crippen LogP contribution in [0.5, 0.6) is 0 Å². The number of hydrogen-bond acceptors (Lipinski definition) is 5. The molecule has 2 rings (SSSR count). The minimum Gasteiger partial charge on any atom is -0.466 e. The number of esters is 2. The van der Waals surface area contributed by atoms with Gasteiger partial charge in [0, 0.05) is 25.5 Å². The average Bonchev–Trinajstić information content (AvgIpc) is 3.02. The zero-order chi connectivity index (χ0) is 20.1. The molecule has 1 aromatic carbocycles. The first-order valence-corrected chi connectivity index (χ1v) is 8.41. The van der Waals surface area contributed by atoms with Crippen molar-refractivity contribution in [2.24, 2.45) is 5.92 Å². The molecule has 148 valence electrons. The van der Waals surface area contributed by atoms with Gasteiger partial charge in [0.15, 0.2) is 0 Å². The number of rotatable bonds is 7. The Labute approximate surface area is 155 Å². The van der Waals surface area contributed by atoms with Crippen molar-refractivity contribution in [3.8, 4) is 0 Å². The van der Waals surface area contributed by atoms with Gasteiger partial charge in [0.1, 0.15) is 6.10 Å². The number of hydrogen-bond donors (Lipinski definition) is 0. The summed E-state index contributed by atoms with van der Waals surface area (Å²) in [7, 11) is 0.824. The molecule has 3 atom stereocenters. The number of halogens is 3. The van der Waals surface area contributed by atoms with Gasteiger partial charge in [0.25, 0.3) is 5.60 Å². The zero-order valence-corrected chi connectivity index (χ0v) is 15.0. The second-order valence-electron chi connectivity index (χ2n) is 6.17. The monoisotopic (exact) mass is 386 g/mol. The molecule has 0 saturated heterocycles. The lowest BCUT2D eigenvalue weighted by atomic mass is 9.92. The number of allylic oxidation sites excluding steroid dienone is 1. The van der Waals surface area contributed by atoms with E-state index in [1.54, 1.807) is 6.08 Å². The highest BCUT2D eigenvalue weighted by atomic mass is 19.4. The first-order chi connectivity index (χ1) is 12.7. The van der Waals surface area contributed by atoms with Gasteiger partial charge in [-0.1, -0.05) is 36.4 Å². The third-order valence-electron chi connectivity index (χ3n) is 4.44. The molecule has 8 heteroatoms. The first kappa shape index (κ1) is 21.0. The van der Waals surface area contributed by atoms with E-state index < -0.39 is 29.8 Å². The molecule has 0 bridgehead atoms. The van der Waals surface area contributed by atoms with E-state index in [0.29, 0.717) is 12.8 Å². The largest absolute Gasteiger partial charge is 0.466 e. The summed E-state index contributed by atoms with van der Waals surface area (Å²) in [6, 6.07) is 6.65. The number of methoxy groups -OCH3 is 1. The molecule has 0 saturated carbocycles. The molecule has 1 aliphatic carbocycles. The minimum atomic E-state index is -5.02. The van der Waals surface area contributed by atoms with Crippen molar-refractivity contribution < 1.29 is 37.0 Å². The molecule has 0 heterocycles. The van der Waals surface area contributed by atoms with Gasteiger partial charge in [-0.3, -0.25) is 4.79 Å². The van der Waals surface area contributed by atoms with Crippen molar-refractivity contribution in [3.63, 3.8) is 0 Å². The smallest absolute Gasteiger partial charge is 0.432 e. The van der Waals surface area contributed by atoms with Crippen molar-refractivity contribution in [3.05, 3.63) is 48.0 Å². The van der Waals surface area contributed by atoms with E-state index in [1.807, 2.05) is 0 Å². The van der Waals surface area contributed by atoms with E-state index in [4.69, 9.17) is 14.2 Å². The van der Waals surface area contributed by atoms with Gasteiger partial charge in [-0.05, 0) is 18.9 Å². The standard InChI is InChI=1S/C19H21F3O5/c1-13(23)26-12-11-14-7-6-10-16(14)27-17(24)18(25-2,19(20,21)22)15-8-4-3-5-9-15/h3-6,8-10,14,16H,7,11-12H2,1-2H3/t14-,16-,18+/m0/s1. The quantitative estimate of drug-likeness (QED) is 0.530. The van der Waals surface area contributed by atoms with Crippen LogP contribution in [0.3, 0.4) is 0 Å². The van der Waals surface area contributed by atoms with Crippen molar-refractivity contribution in [2.75, 3.05) is 13.7 Å². The van der Waals surface area contributed by atoms with Crippen molar-refractivity contribution >= 4 is 11.9 Å². The summed E-state index contributed by atoms with van der Waals surface area (Å²) in [5.41, 5.74) is -3.58. The lowest BCUT2D eigenvalue weighted by Crippen LogP contribution is -2.52. The first-order valence-electron chi connectivity index (χ1n) is 8.41. The van der Waals surface area contributed by atoms with E-state index in [9.17, 15) is 22.8 Å². The Morgan fingerprint density at radius 1 is 1.19 bits per heavy atom. The number of carbonyl (C=O) groups is 2. The van der Waals surface area contributed by atoms with Crippen LogP contribution in [0.1, 0.15) is 25.3 Å². The molecule has 0 aromatic heterocycles. The molecule has 0 amide bonds. The summed E-state index contributed by atoms with van der Waals surface area (Å²) >= 11 is 0. The van der Waals surface area contributed by atoms with E-state index in [1.165, 1.54) is 43.3 Å². The van der Waals surface area contributed by atoms with E-state index in [-0.39, 0.29) is 18.1 Å². The van der Waals surface area contributed by atoms with E-state index in [0.717, 1.165) is 7.11 Å². The summed E-state index contributed by atoms with van der Waals surface area (Å²) in [5, 5.41) is 0. The molecule has 0 spiro atoms. The molecule has 5 nitrogen and oxygen atoms in total. The van der Waals surface area contributed by atoms with Crippen molar-refractivity contribution in [1.29, 1.82) is 0 Å². The predicted octanol–water partition coefficient (Wildman–Crippen LogP) is 3.53. The molecule has 0 aliphatic heterocycles. The molecule has 0 N–H and O–H groups in total. The van der Waals surface area contributed by atoms with Crippen molar-refractivity contribution in [1.82, 2.24) is 0 Å². The molecule has 1 aliphatic rings. The number of benzene rings is 1.